The van der Waals surface area contributed by atoms with Gasteiger partial charge in [0.1, 0.15) is 0 Å². The molecule has 0 amide bonds. The Kier molecular flexibility index (Phi) is 18.2. The lowest BCUT2D eigenvalue weighted by molar-refractivity contribution is -0.145. The van der Waals surface area contributed by atoms with Crippen LogP contribution in [0.15, 0.2) is 0 Å². The first-order chi connectivity index (χ1) is 13.4. The third kappa shape index (κ3) is 14.2. The summed E-state index contributed by atoms with van der Waals surface area (Å²) in [5.74, 6) is 6.89. The van der Waals surface area contributed by atoms with E-state index in [0.29, 0.717) is 0 Å². The van der Waals surface area contributed by atoms with Crippen LogP contribution < -0.4 is 0 Å². The van der Waals surface area contributed by atoms with E-state index >= 15 is 0 Å². The molecular formula is C27H56O2. The van der Waals surface area contributed by atoms with Crippen LogP contribution in [0.25, 0.3) is 0 Å². The van der Waals surface area contributed by atoms with Gasteiger partial charge in [0.25, 0.3) is 0 Å². The number of carbonyl (C=O) groups excluding carboxylic acids is 1. The molecule has 176 valence electrons. The molecule has 6 unspecified atom stereocenters. The van der Waals surface area contributed by atoms with Crippen LogP contribution in [0.4, 0.5) is 0 Å². The fraction of sp³-hybridized carbons (Fsp3) is 0.963. The van der Waals surface area contributed by atoms with Crippen molar-refractivity contribution in [3.05, 3.63) is 0 Å². The maximum absolute atomic E-state index is 10.2. The van der Waals surface area contributed by atoms with Crippen LogP contribution in [0.3, 0.4) is 0 Å². The number of hydrogen-bond acceptors (Lipinski definition) is 2. The van der Waals surface area contributed by atoms with Crippen LogP contribution in [0.1, 0.15) is 122 Å². The normalized spacial score (nSPS) is 27.9. The number of rotatable bonds is 5. The first-order valence-corrected chi connectivity index (χ1v) is 12.6. The second-order valence-electron chi connectivity index (χ2n) is 10.1. The molecule has 2 aliphatic carbocycles. The molecule has 0 heterocycles. The molecule has 2 fully saturated rings. The molecule has 0 aromatic heterocycles. The van der Waals surface area contributed by atoms with E-state index < -0.39 is 0 Å². The fourth-order valence-corrected chi connectivity index (χ4v) is 3.97. The Balaban J connectivity index is 0. The van der Waals surface area contributed by atoms with Gasteiger partial charge in [-0.3, -0.25) is 4.79 Å². The maximum atomic E-state index is 10.2. The Labute approximate surface area is 185 Å². The summed E-state index contributed by atoms with van der Waals surface area (Å²) in [5.41, 5.74) is 0. The highest BCUT2D eigenvalue weighted by atomic mass is 16.5. The van der Waals surface area contributed by atoms with Gasteiger partial charge in [0.05, 0.1) is 6.10 Å². The lowest BCUT2D eigenvalue weighted by Gasteiger charge is -2.29. The van der Waals surface area contributed by atoms with Crippen molar-refractivity contribution in [1.29, 1.82) is 0 Å². The third-order valence-electron chi connectivity index (χ3n) is 7.38. The summed E-state index contributed by atoms with van der Waals surface area (Å²) in [4.78, 5) is 10.2. The molecule has 0 aromatic rings. The molecule has 2 aliphatic rings. The highest BCUT2D eigenvalue weighted by Crippen LogP contribution is 2.54. The van der Waals surface area contributed by atoms with E-state index in [9.17, 15) is 4.79 Å². The first kappa shape index (κ1) is 30.7. The average molecular weight is 413 g/mol. The van der Waals surface area contributed by atoms with Crippen LogP contribution in [0.2, 0.25) is 0 Å². The Morgan fingerprint density at radius 1 is 0.828 bits per heavy atom. The quantitative estimate of drug-likeness (QED) is 0.422. The second kappa shape index (κ2) is 17.2. The summed E-state index contributed by atoms with van der Waals surface area (Å²) >= 11 is 0. The van der Waals surface area contributed by atoms with Crippen molar-refractivity contribution in [2.24, 2.45) is 41.4 Å². The Hall–Kier alpha value is -0.530. The highest BCUT2D eigenvalue weighted by Gasteiger charge is 2.46. The SMILES string of the molecule is CC1CC2CC1C(C)C2C.CCC(C)C.CCC(C)CC.CCC(C)OC(C)=O. The number of carbonyl (C=O) groups is 1. The third-order valence-corrected chi connectivity index (χ3v) is 7.38. The van der Waals surface area contributed by atoms with Crippen molar-refractivity contribution >= 4 is 5.97 Å². The molecule has 0 saturated heterocycles. The summed E-state index contributed by atoms with van der Waals surface area (Å²) in [5, 5.41) is 0. The zero-order chi connectivity index (χ0) is 23.1. The van der Waals surface area contributed by atoms with Gasteiger partial charge < -0.3 is 4.74 Å². The van der Waals surface area contributed by atoms with Crippen LogP contribution in [-0.4, -0.2) is 12.1 Å². The molecule has 29 heavy (non-hydrogen) atoms. The topological polar surface area (TPSA) is 26.3 Å². The predicted molar refractivity (Wildman–Crippen MR) is 130 cm³/mol. The first-order valence-electron chi connectivity index (χ1n) is 12.6. The molecule has 0 aromatic carbocycles. The highest BCUT2D eigenvalue weighted by molar-refractivity contribution is 5.66. The largest absolute Gasteiger partial charge is 0.463 e. The second-order valence-corrected chi connectivity index (χ2v) is 10.1. The van der Waals surface area contributed by atoms with Gasteiger partial charge >= 0.3 is 5.97 Å². The molecule has 2 nitrogen and oxygen atoms in total. The molecule has 2 bridgehead atoms. The average Bonchev–Trinajstić information content (AvgIpc) is 3.19. The summed E-state index contributed by atoms with van der Waals surface area (Å²) in [6, 6.07) is 0. The number of ether oxygens (including phenoxy) is 1. The van der Waals surface area contributed by atoms with Gasteiger partial charge in [-0.15, -0.1) is 0 Å². The Morgan fingerprint density at radius 3 is 1.48 bits per heavy atom. The smallest absolute Gasteiger partial charge is 0.302 e. The van der Waals surface area contributed by atoms with Crippen molar-refractivity contribution in [3.8, 4) is 0 Å². The zero-order valence-corrected chi connectivity index (χ0v) is 22.2. The van der Waals surface area contributed by atoms with Gasteiger partial charge in [0.15, 0.2) is 0 Å². The van der Waals surface area contributed by atoms with Crippen molar-refractivity contribution in [3.63, 3.8) is 0 Å². The summed E-state index contributed by atoms with van der Waals surface area (Å²) in [7, 11) is 0. The van der Waals surface area contributed by atoms with Crippen LogP contribution in [-0.2, 0) is 9.53 Å². The van der Waals surface area contributed by atoms with Gasteiger partial charge in [-0.2, -0.15) is 0 Å². The standard InChI is InChI=1S/C10H18.C6H12O2.C6H14.C5H12/c1-6-4-9-5-10(6)8(3)7(9)2;1-4-5(2)8-6(3)7;1-4-6(3)5-2;1-4-5(2)3/h6-10H,4-5H2,1-3H3;5H,4H2,1-3H3;6H,4-5H2,1-3H3;5H,4H2,1-3H3. The van der Waals surface area contributed by atoms with Gasteiger partial charge in [-0.25, -0.2) is 0 Å². The van der Waals surface area contributed by atoms with Gasteiger partial charge in [-0.05, 0) is 67.6 Å². The van der Waals surface area contributed by atoms with E-state index in [-0.39, 0.29) is 12.1 Å². The van der Waals surface area contributed by atoms with Crippen molar-refractivity contribution in [1.82, 2.24) is 0 Å². The van der Waals surface area contributed by atoms with E-state index in [0.717, 1.165) is 47.8 Å². The predicted octanol–water partition coefficient (Wildman–Crippen LogP) is 8.78. The summed E-state index contributed by atoms with van der Waals surface area (Å²) in [6.07, 6.45) is 8.00. The molecule has 2 heteroatoms. The molecule has 0 spiro atoms. The molecule has 0 aliphatic heterocycles. The van der Waals surface area contributed by atoms with E-state index in [1.807, 2.05) is 13.8 Å². The number of esters is 1. The minimum atomic E-state index is -0.195. The van der Waals surface area contributed by atoms with E-state index in [4.69, 9.17) is 4.74 Å². The van der Waals surface area contributed by atoms with Crippen molar-refractivity contribution < 1.29 is 9.53 Å². The van der Waals surface area contributed by atoms with Gasteiger partial charge in [0, 0.05) is 6.92 Å². The molecule has 2 saturated carbocycles. The maximum Gasteiger partial charge on any atom is 0.302 e. The van der Waals surface area contributed by atoms with E-state index in [2.05, 4.69) is 62.3 Å². The summed E-state index contributed by atoms with van der Waals surface area (Å²) < 4.78 is 4.76. The van der Waals surface area contributed by atoms with Crippen molar-refractivity contribution in [2.45, 2.75) is 128 Å². The number of hydrogen-bond donors (Lipinski definition) is 0. The van der Waals surface area contributed by atoms with E-state index in [1.54, 1.807) is 6.42 Å². The van der Waals surface area contributed by atoms with E-state index in [1.165, 1.54) is 32.6 Å². The van der Waals surface area contributed by atoms with Crippen LogP contribution in [0, 0.1) is 41.4 Å². The Morgan fingerprint density at radius 2 is 1.31 bits per heavy atom. The number of fused-ring (bicyclic) bond motifs is 2. The van der Waals surface area contributed by atoms with Gasteiger partial charge in [0.2, 0.25) is 0 Å². The monoisotopic (exact) mass is 412 g/mol. The van der Waals surface area contributed by atoms with Gasteiger partial charge in [-0.1, -0.05) is 88.5 Å². The lowest BCUT2D eigenvalue weighted by atomic mass is 9.77. The Bertz CT molecular complexity index is 384. The minimum absolute atomic E-state index is 0.0764. The van der Waals surface area contributed by atoms with Crippen molar-refractivity contribution in [2.75, 3.05) is 0 Å². The zero-order valence-electron chi connectivity index (χ0n) is 22.2. The molecule has 2 rings (SSSR count). The molecule has 0 N–H and O–H groups in total. The fourth-order valence-electron chi connectivity index (χ4n) is 3.97. The van der Waals surface area contributed by atoms with Crippen LogP contribution in [0.5, 0.6) is 0 Å². The van der Waals surface area contributed by atoms with Crippen LogP contribution >= 0.6 is 0 Å². The minimum Gasteiger partial charge on any atom is -0.463 e. The molecule has 6 atom stereocenters. The molecule has 0 radical (unpaired) electrons. The molecular weight excluding hydrogens is 356 g/mol. The lowest BCUT2D eigenvalue weighted by Crippen LogP contribution is -2.22. The summed E-state index contributed by atoms with van der Waals surface area (Å²) in [6.45, 7) is 26.0.